The van der Waals surface area contributed by atoms with Crippen LogP contribution >= 0.6 is 0 Å². The number of benzene rings is 2. The normalized spacial score (nSPS) is 18.6. The summed E-state index contributed by atoms with van der Waals surface area (Å²) < 4.78 is 5.38. The smallest absolute Gasteiger partial charge is 0.276 e. The lowest BCUT2D eigenvalue weighted by Crippen LogP contribution is -2.39. The topological polar surface area (TPSA) is 75.4 Å². The van der Waals surface area contributed by atoms with Crippen LogP contribution in [0.25, 0.3) is 11.3 Å². The van der Waals surface area contributed by atoms with Crippen molar-refractivity contribution in [3.63, 3.8) is 0 Å². The van der Waals surface area contributed by atoms with E-state index in [2.05, 4.69) is 34.7 Å². The molecule has 0 aliphatic carbocycles. The molecule has 2 amide bonds. The van der Waals surface area contributed by atoms with E-state index in [0.29, 0.717) is 18.8 Å². The molecule has 1 N–H and O–H groups in total. The van der Waals surface area contributed by atoms with Crippen molar-refractivity contribution < 1.29 is 14.1 Å². The van der Waals surface area contributed by atoms with Gasteiger partial charge in [-0.3, -0.25) is 9.59 Å². The standard InChI is InChI=1S/C23H23N3O3/c1-15-8-10-17(11-9-15)19-13-26(14-21(19)24-16(2)27)23(28)20-12-22(29-25-20)18-6-4-3-5-7-18/h3-12,19,21H,13-14H2,1-2H3,(H,24,27)/t19-,21+/m0/s1. The minimum absolute atomic E-state index is 0.0314. The Morgan fingerprint density at radius 2 is 1.79 bits per heavy atom. The molecule has 0 unspecified atom stereocenters. The predicted molar refractivity (Wildman–Crippen MR) is 109 cm³/mol. The molecule has 6 heteroatoms. The van der Waals surface area contributed by atoms with Gasteiger partial charge in [0.25, 0.3) is 5.91 Å². The van der Waals surface area contributed by atoms with Crippen molar-refractivity contribution in [2.75, 3.05) is 13.1 Å². The van der Waals surface area contributed by atoms with Gasteiger partial charge in [0.05, 0.1) is 6.04 Å². The van der Waals surface area contributed by atoms with Gasteiger partial charge in [0, 0.05) is 37.6 Å². The Hall–Kier alpha value is -3.41. The van der Waals surface area contributed by atoms with Crippen LogP contribution in [-0.4, -0.2) is 41.0 Å². The zero-order valence-corrected chi connectivity index (χ0v) is 16.5. The molecule has 3 aromatic rings. The maximum absolute atomic E-state index is 13.0. The number of hydrogen-bond donors (Lipinski definition) is 1. The van der Waals surface area contributed by atoms with Crippen LogP contribution in [0.3, 0.4) is 0 Å². The van der Waals surface area contributed by atoms with Gasteiger partial charge in [-0.25, -0.2) is 0 Å². The summed E-state index contributed by atoms with van der Waals surface area (Å²) in [5, 5.41) is 6.97. The van der Waals surface area contributed by atoms with Gasteiger partial charge in [-0.2, -0.15) is 0 Å². The maximum atomic E-state index is 13.0. The summed E-state index contributed by atoms with van der Waals surface area (Å²) in [6, 6.07) is 19.3. The van der Waals surface area contributed by atoms with Crippen molar-refractivity contribution >= 4 is 11.8 Å². The monoisotopic (exact) mass is 389 g/mol. The van der Waals surface area contributed by atoms with Crippen LogP contribution in [0.2, 0.25) is 0 Å². The first-order chi connectivity index (χ1) is 14.0. The number of aryl methyl sites for hydroxylation is 1. The number of amides is 2. The van der Waals surface area contributed by atoms with E-state index in [-0.39, 0.29) is 29.5 Å². The average Bonchev–Trinajstić information content (AvgIpc) is 3.36. The highest BCUT2D eigenvalue weighted by atomic mass is 16.5. The molecule has 29 heavy (non-hydrogen) atoms. The molecular weight excluding hydrogens is 366 g/mol. The van der Waals surface area contributed by atoms with E-state index in [9.17, 15) is 9.59 Å². The van der Waals surface area contributed by atoms with Crippen LogP contribution in [0.1, 0.15) is 34.5 Å². The highest BCUT2D eigenvalue weighted by Crippen LogP contribution is 2.30. The Kier molecular flexibility index (Phi) is 5.16. The third-order valence-electron chi connectivity index (χ3n) is 5.29. The Balaban J connectivity index is 1.55. The molecule has 0 radical (unpaired) electrons. The second kappa shape index (κ2) is 7.91. The van der Waals surface area contributed by atoms with E-state index < -0.39 is 0 Å². The molecular formula is C23H23N3O3. The number of nitrogens with zero attached hydrogens (tertiary/aromatic N) is 2. The van der Waals surface area contributed by atoms with E-state index in [1.807, 2.05) is 37.3 Å². The van der Waals surface area contributed by atoms with Crippen molar-refractivity contribution in [1.82, 2.24) is 15.4 Å². The maximum Gasteiger partial charge on any atom is 0.276 e. The Morgan fingerprint density at radius 3 is 2.48 bits per heavy atom. The van der Waals surface area contributed by atoms with Crippen LogP contribution in [0.4, 0.5) is 0 Å². The molecule has 2 heterocycles. The van der Waals surface area contributed by atoms with Crippen LogP contribution in [0.5, 0.6) is 0 Å². The first kappa shape index (κ1) is 18.9. The minimum atomic E-state index is -0.194. The third kappa shape index (κ3) is 4.06. The summed E-state index contributed by atoms with van der Waals surface area (Å²) in [4.78, 5) is 26.5. The van der Waals surface area contributed by atoms with Gasteiger partial charge >= 0.3 is 0 Å². The first-order valence-corrected chi connectivity index (χ1v) is 9.66. The molecule has 0 bridgehead atoms. The van der Waals surface area contributed by atoms with Gasteiger partial charge in [-0.05, 0) is 12.5 Å². The zero-order valence-electron chi connectivity index (χ0n) is 16.5. The highest BCUT2D eigenvalue weighted by Gasteiger charge is 2.37. The Labute approximate surface area is 169 Å². The fourth-order valence-electron chi connectivity index (χ4n) is 3.80. The van der Waals surface area contributed by atoms with Crippen molar-refractivity contribution in [2.24, 2.45) is 0 Å². The average molecular weight is 389 g/mol. The minimum Gasteiger partial charge on any atom is -0.355 e. The van der Waals surface area contributed by atoms with Gasteiger partial charge in [-0.15, -0.1) is 0 Å². The molecule has 1 aliphatic heterocycles. The summed E-state index contributed by atoms with van der Waals surface area (Å²) in [5.74, 6) is 0.292. The molecule has 1 aromatic heterocycles. The van der Waals surface area contributed by atoms with E-state index >= 15 is 0 Å². The number of nitrogens with one attached hydrogen (secondary N) is 1. The number of hydrogen-bond acceptors (Lipinski definition) is 4. The fraction of sp³-hybridized carbons (Fsp3) is 0.261. The van der Waals surface area contributed by atoms with Crippen molar-refractivity contribution in [3.8, 4) is 11.3 Å². The van der Waals surface area contributed by atoms with Crippen LogP contribution < -0.4 is 5.32 Å². The summed E-state index contributed by atoms with van der Waals surface area (Å²) in [7, 11) is 0. The van der Waals surface area contributed by atoms with Gasteiger partial charge < -0.3 is 14.7 Å². The van der Waals surface area contributed by atoms with Crippen molar-refractivity contribution in [2.45, 2.75) is 25.8 Å². The third-order valence-corrected chi connectivity index (χ3v) is 5.29. The molecule has 2 atom stereocenters. The lowest BCUT2D eigenvalue weighted by atomic mass is 9.93. The predicted octanol–water partition coefficient (Wildman–Crippen LogP) is 3.39. The number of rotatable bonds is 4. The molecule has 2 aromatic carbocycles. The van der Waals surface area contributed by atoms with Crippen LogP contribution in [0.15, 0.2) is 65.2 Å². The lowest BCUT2D eigenvalue weighted by Gasteiger charge is -2.19. The van der Waals surface area contributed by atoms with E-state index in [1.165, 1.54) is 12.5 Å². The summed E-state index contributed by atoms with van der Waals surface area (Å²) >= 11 is 0. The summed E-state index contributed by atoms with van der Waals surface area (Å²) in [5.41, 5.74) is 3.42. The van der Waals surface area contributed by atoms with Gasteiger partial charge in [0.15, 0.2) is 11.5 Å². The molecule has 1 aliphatic rings. The quantitative estimate of drug-likeness (QED) is 0.742. The number of carbonyl (C=O) groups is 2. The molecule has 1 fully saturated rings. The second-order valence-electron chi connectivity index (χ2n) is 7.48. The van der Waals surface area contributed by atoms with Gasteiger partial charge in [0.2, 0.25) is 5.91 Å². The molecule has 0 spiro atoms. The van der Waals surface area contributed by atoms with Crippen molar-refractivity contribution in [1.29, 1.82) is 0 Å². The zero-order chi connectivity index (χ0) is 20.4. The molecule has 148 valence electrons. The van der Waals surface area contributed by atoms with E-state index in [0.717, 1.165) is 11.1 Å². The number of aromatic nitrogens is 1. The molecule has 1 saturated heterocycles. The van der Waals surface area contributed by atoms with Gasteiger partial charge in [-0.1, -0.05) is 65.3 Å². The molecule has 6 nitrogen and oxygen atoms in total. The largest absolute Gasteiger partial charge is 0.355 e. The van der Waals surface area contributed by atoms with Crippen molar-refractivity contribution in [3.05, 3.63) is 77.5 Å². The second-order valence-corrected chi connectivity index (χ2v) is 7.48. The highest BCUT2D eigenvalue weighted by molar-refractivity contribution is 5.93. The van der Waals surface area contributed by atoms with E-state index in [1.54, 1.807) is 11.0 Å². The van der Waals surface area contributed by atoms with Crippen LogP contribution in [0, 0.1) is 6.92 Å². The fourth-order valence-corrected chi connectivity index (χ4v) is 3.80. The lowest BCUT2D eigenvalue weighted by molar-refractivity contribution is -0.119. The number of likely N-dealkylation sites (tertiary alicyclic amines) is 1. The molecule has 0 saturated carbocycles. The summed E-state index contributed by atoms with van der Waals surface area (Å²) in [6.07, 6.45) is 0. The molecule has 4 rings (SSSR count). The van der Waals surface area contributed by atoms with E-state index in [4.69, 9.17) is 4.52 Å². The Morgan fingerprint density at radius 1 is 1.07 bits per heavy atom. The SMILES string of the molecule is CC(=O)N[C@@H]1CN(C(=O)c2cc(-c3ccccc3)on2)C[C@H]1c1ccc(C)cc1. The van der Waals surface area contributed by atoms with Crippen LogP contribution in [-0.2, 0) is 4.79 Å². The Bertz CT molecular complexity index is 1010. The van der Waals surface area contributed by atoms with Gasteiger partial charge in [0.1, 0.15) is 0 Å². The summed E-state index contributed by atoms with van der Waals surface area (Å²) in [6.45, 7) is 4.49. The number of carbonyl (C=O) groups excluding carboxylic acids is 2. The first-order valence-electron chi connectivity index (χ1n) is 9.66.